The molecule has 0 spiro atoms. The number of rotatable bonds is 1. The smallest absolute Gasteiger partial charge is 0.0320 e. The average molecular weight is 176 g/mol. The van der Waals surface area contributed by atoms with Gasteiger partial charge in [-0.25, -0.2) is 0 Å². The molecule has 1 atom stereocenters. The summed E-state index contributed by atoms with van der Waals surface area (Å²) in [6.45, 7) is 0. The van der Waals surface area contributed by atoms with Gasteiger partial charge in [0.2, 0.25) is 0 Å². The van der Waals surface area contributed by atoms with Crippen LogP contribution in [-0.4, -0.2) is 7.05 Å². The van der Waals surface area contributed by atoms with Crippen LogP contribution in [0.5, 0.6) is 0 Å². The third-order valence-corrected chi connectivity index (χ3v) is 2.83. The lowest BCUT2D eigenvalue weighted by atomic mass is 9.87. The van der Waals surface area contributed by atoms with Gasteiger partial charge >= 0.3 is 0 Å². The molecule has 1 unspecified atom stereocenters. The van der Waals surface area contributed by atoms with E-state index in [0.717, 1.165) is 5.69 Å². The van der Waals surface area contributed by atoms with Crippen LogP contribution >= 0.6 is 0 Å². The van der Waals surface area contributed by atoms with Crippen LogP contribution in [0.2, 0.25) is 0 Å². The highest BCUT2D eigenvalue weighted by Crippen LogP contribution is 2.30. The Bertz CT molecular complexity index is 307. The van der Waals surface area contributed by atoms with Crippen LogP contribution in [-0.2, 0) is 6.42 Å². The van der Waals surface area contributed by atoms with Crippen LogP contribution in [0, 0.1) is 0 Å². The largest absolute Gasteiger partial charge is 0.399 e. The van der Waals surface area contributed by atoms with Gasteiger partial charge in [-0.05, 0) is 49.6 Å². The van der Waals surface area contributed by atoms with Gasteiger partial charge in [-0.2, -0.15) is 0 Å². The molecule has 3 N–H and O–H groups in total. The highest BCUT2D eigenvalue weighted by Gasteiger charge is 2.17. The van der Waals surface area contributed by atoms with Crippen molar-refractivity contribution in [1.29, 1.82) is 0 Å². The Morgan fingerprint density at radius 1 is 1.46 bits per heavy atom. The van der Waals surface area contributed by atoms with Crippen molar-refractivity contribution < 1.29 is 0 Å². The second kappa shape index (κ2) is 3.38. The Morgan fingerprint density at radius 3 is 3.08 bits per heavy atom. The molecule has 0 heterocycles. The van der Waals surface area contributed by atoms with Gasteiger partial charge in [0.05, 0.1) is 0 Å². The van der Waals surface area contributed by atoms with E-state index in [1.807, 2.05) is 13.1 Å². The van der Waals surface area contributed by atoms with Crippen LogP contribution in [0.4, 0.5) is 5.69 Å². The van der Waals surface area contributed by atoms with Crippen molar-refractivity contribution in [2.45, 2.75) is 25.3 Å². The van der Waals surface area contributed by atoms with E-state index < -0.39 is 0 Å². The van der Waals surface area contributed by atoms with Crippen LogP contribution in [0.25, 0.3) is 0 Å². The maximum absolute atomic E-state index is 5.75. The fourth-order valence-corrected chi connectivity index (χ4v) is 2.13. The molecule has 1 aliphatic carbocycles. The number of nitrogen functional groups attached to an aromatic ring is 1. The molecule has 0 radical (unpaired) electrons. The Hall–Kier alpha value is -1.02. The van der Waals surface area contributed by atoms with E-state index in [1.165, 1.54) is 30.4 Å². The van der Waals surface area contributed by atoms with Gasteiger partial charge in [-0.1, -0.05) is 6.07 Å². The zero-order chi connectivity index (χ0) is 9.26. The minimum absolute atomic E-state index is 0.532. The molecular weight excluding hydrogens is 160 g/mol. The van der Waals surface area contributed by atoms with Gasteiger partial charge < -0.3 is 11.1 Å². The minimum atomic E-state index is 0.532. The zero-order valence-corrected chi connectivity index (χ0v) is 8.01. The van der Waals surface area contributed by atoms with Crippen molar-refractivity contribution in [3.63, 3.8) is 0 Å². The molecular formula is C11H16N2. The molecule has 0 bridgehead atoms. The van der Waals surface area contributed by atoms with E-state index in [9.17, 15) is 0 Å². The van der Waals surface area contributed by atoms with E-state index in [2.05, 4.69) is 17.4 Å². The van der Waals surface area contributed by atoms with E-state index in [0.29, 0.717) is 6.04 Å². The van der Waals surface area contributed by atoms with Crippen molar-refractivity contribution >= 4 is 5.69 Å². The molecule has 13 heavy (non-hydrogen) atoms. The van der Waals surface area contributed by atoms with Crippen LogP contribution in [0.15, 0.2) is 18.2 Å². The second-order valence-corrected chi connectivity index (χ2v) is 3.69. The highest BCUT2D eigenvalue weighted by atomic mass is 14.9. The number of anilines is 1. The molecule has 70 valence electrons. The minimum Gasteiger partial charge on any atom is -0.399 e. The predicted octanol–water partition coefficient (Wildman–Crippen LogP) is 1.87. The van der Waals surface area contributed by atoms with Crippen molar-refractivity contribution in [3.8, 4) is 0 Å². The normalized spacial score (nSPS) is 21.2. The zero-order valence-electron chi connectivity index (χ0n) is 8.01. The molecule has 0 saturated carbocycles. The number of aryl methyl sites for hydroxylation is 1. The number of benzene rings is 1. The SMILES string of the molecule is CNC1CCCc2cc(N)ccc21. The average Bonchev–Trinajstić information content (AvgIpc) is 2.16. The summed E-state index contributed by atoms with van der Waals surface area (Å²) in [7, 11) is 2.02. The summed E-state index contributed by atoms with van der Waals surface area (Å²) in [5.74, 6) is 0. The van der Waals surface area contributed by atoms with Crippen LogP contribution in [0.1, 0.15) is 30.0 Å². The fourth-order valence-electron chi connectivity index (χ4n) is 2.13. The molecule has 2 nitrogen and oxygen atoms in total. The van der Waals surface area contributed by atoms with Crippen molar-refractivity contribution in [1.82, 2.24) is 5.32 Å². The summed E-state index contributed by atoms with van der Waals surface area (Å²) < 4.78 is 0. The molecule has 1 aromatic rings. The Kier molecular flexibility index (Phi) is 2.23. The van der Waals surface area contributed by atoms with Crippen LogP contribution in [0.3, 0.4) is 0 Å². The molecule has 2 rings (SSSR count). The highest BCUT2D eigenvalue weighted by molar-refractivity contribution is 5.46. The van der Waals surface area contributed by atoms with Gasteiger partial charge in [0.15, 0.2) is 0 Å². The molecule has 1 aliphatic rings. The lowest BCUT2D eigenvalue weighted by Gasteiger charge is -2.25. The van der Waals surface area contributed by atoms with Gasteiger partial charge in [-0.15, -0.1) is 0 Å². The van der Waals surface area contributed by atoms with E-state index >= 15 is 0 Å². The molecule has 2 heteroatoms. The Labute approximate surface area is 79.1 Å². The molecule has 0 amide bonds. The topological polar surface area (TPSA) is 38.0 Å². The summed E-state index contributed by atoms with van der Waals surface area (Å²) in [5.41, 5.74) is 9.49. The van der Waals surface area contributed by atoms with E-state index in [4.69, 9.17) is 5.73 Å². The summed E-state index contributed by atoms with van der Waals surface area (Å²) in [4.78, 5) is 0. The monoisotopic (exact) mass is 176 g/mol. The second-order valence-electron chi connectivity index (χ2n) is 3.69. The first-order valence-corrected chi connectivity index (χ1v) is 4.87. The number of nitrogens with one attached hydrogen (secondary N) is 1. The van der Waals surface area contributed by atoms with Gasteiger partial charge in [0, 0.05) is 11.7 Å². The lowest BCUT2D eigenvalue weighted by Crippen LogP contribution is -2.21. The predicted molar refractivity (Wildman–Crippen MR) is 55.6 cm³/mol. The first kappa shape index (κ1) is 8.57. The summed E-state index contributed by atoms with van der Waals surface area (Å²) in [6, 6.07) is 6.79. The van der Waals surface area contributed by atoms with Gasteiger partial charge in [0.1, 0.15) is 0 Å². The molecule has 0 aliphatic heterocycles. The Balaban J connectivity index is 2.40. The first-order chi connectivity index (χ1) is 6.31. The number of hydrogen-bond donors (Lipinski definition) is 2. The maximum atomic E-state index is 5.75. The first-order valence-electron chi connectivity index (χ1n) is 4.87. The molecule has 1 aromatic carbocycles. The fraction of sp³-hybridized carbons (Fsp3) is 0.455. The third-order valence-electron chi connectivity index (χ3n) is 2.83. The molecule has 0 aromatic heterocycles. The van der Waals surface area contributed by atoms with Crippen LogP contribution < -0.4 is 11.1 Å². The number of hydrogen-bond acceptors (Lipinski definition) is 2. The quantitative estimate of drug-likeness (QED) is 0.641. The summed E-state index contributed by atoms with van der Waals surface area (Å²) >= 11 is 0. The van der Waals surface area contributed by atoms with Gasteiger partial charge in [-0.3, -0.25) is 0 Å². The molecule has 0 saturated heterocycles. The standard InChI is InChI=1S/C11H16N2/c1-13-11-4-2-3-8-7-9(12)5-6-10(8)11/h5-7,11,13H,2-4,12H2,1H3. The third kappa shape index (κ3) is 1.54. The Morgan fingerprint density at radius 2 is 2.31 bits per heavy atom. The van der Waals surface area contributed by atoms with E-state index in [-0.39, 0.29) is 0 Å². The molecule has 0 fully saturated rings. The lowest BCUT2D eigenvalue weighted by molar-refractivity contribution is 0.497. The number of nitrogens with two attached hydrogens (primary N) is 1. The van der Waals surface area contributed by atoms with Crippen molar-refractivity contribution in [2.75, 3.05) is 12.8 Å². The van der Waals surface area contributed by atoms with Crippen molar-refractivity contribution in [3.05, 3.63) is 29.3 Å². The maximum Gasteiger partial charge on any atom is 0.0320 e. The summed E-state index contributed by atoms with van der Waals surface area (Å²) in [6.07, 6.45) is 3.69. The van der Waals surface area contributed by atoms with E-state index in [1.54, 1.807) is 0 Å². The van der Waals surface area contributed by atoms with Crippen molar-refractivity contribution in [2.24, 2.45) is 0 Å². The van der Waals surface area contributed by atoms with Gasteiger partial charge in [0.25, 0.3) is 0 Å². The summed E-state index contributed by atoms with van der Waals surface area (Å²) in [5, 5.41) is 3.34. The number of fused-ring (bicyclic) bond motifs is 1.